The van der Waals surface area contributed by atoms with Crippen LogP contribution in [0.1, 0.15) is 19.4 Å². The molecule has 0 bridgehead atoms. The van der Waals surface area contributed by atoms with Gasteiger partial charge in [0.05, 0.1) is 17.7 Å². The fourth-order valence-corrected chi connectivity index (χ4v) is 1.59. The van der Waals surface area contributed by atoms with Crippen LogP contribution in [0.2, 0.25) is 5.02 Å². The molecule has 110 valence electrons. The molecule has 0 saturated carbocycles. The number of nitrogens with zero attached hydrogens (tertiary/aromatic N) is 1. The lowest BCUT2D eigenvalue weighted by Crippen LogP contribution is -2.15. The number of pyridine rings is 1. The molecule has 0 aliphatic carbocycles. The number of nitrogens with one attached hydrogen (secondary N) is 2. The Morgan fingerprint density at radius 1 is 1.60 bits per heavy atom. The number of hydroxylamine groups is 1. The zero-order valence-electron chi connectivity index (χ0n) is 11.4. The molecule has 0 unspecified atom stereocenters. The van der Waals surface area contributed by atoms with Crippen molar-refractivity contribution in [1.82, 2.24) is 10.5 Å². The lowest BCUT2D eigenvalue weighted by molar-refractivity contribution is -0.124. The van der Waals surface area contributed by atoms with Gasteiger partial charge in [-0.25, -0.2) is 10.5 Å². The SMILES string of the molecule is CC(C)OCCNc1ncc(C=CC(=O)NO)cc1Cl. The van der Waals surface area contributed by atoms with E-state index in [2.05, 4.69) is 10.3 Å². The van der Waals surface area contributed by atoms with E-state index in [9.17, 15) is 4.79 Å². The average molecular weight is 300 g/mol. The first-order valence-corrected chi connectivity index (χ1v) is 6.54. The second kappa shape index (κ2) is 8.52. The Bertz CT molecular complexity index is 478. The topological polar surface area (TPSA) is 83.5 Å². The van der Waals surface area contributed by atoms with E-state index in [1.54, 1.807) is 12.3 Å². The van der Waals surface area contributed by atoms with E-state index in [-0.39, 0.29) is 6.10 Å². The van der Waals surface area contributed by atoms with E-state index < -0.39 is 5.91 Å². The first-order chi connectivity index (χ1) is 9.52. The highest BCUT2D eigenvalue weighted by Gasteiger charge is 2.02. The fourth-order valence-electron chi connectivity index (χ4n) is 1.35. The van der Waals surface area contributed by atoms with Gasteiger partial charge in [-0.3, -0.25) is 10.0 Å². The number of carbonyl (C=O) groups is 1. The summed E-state index contributed by atoms with van der Waals surface area (Å²) in [6.07, 6.45) is 4.43. The molecule has 1 aromatic rings. The highest BCUT2D eigenvalue weighted by Crippen LogP contribution is 2.20. The Morgan fingerprint density at radius 2 is 2.35 bits per heavy atom. The van der Waals surface area contributed by atoms with Crippen molar-refractivity contribution in [2.75, 3.05) is 18.5 Å². The predicted octanol–water partition coefficient (Wildman–Crippen LogP) is 2.09. The minimum atomic E-state index is -0.617. The number of halogens is 1. The highest BCUT2D eigenvalue weighted by atomic mass is 35.5. The maximum Gasteiger partial charge on any atom is 0.267 e. The van der Waals surface area contributed by atoms with Crippen LogP contribution < -0.4 is 10.8 Å². The standard InChI is InChI=1S/C13H18ClN3O3/c1-9(2)20-6-5-15-13-11(14)7-10(8-16-13)3-4-12(18)17-19/h3-4,7-9,19H,5-6H2,1-2H3,(H,15,16)(H,17,18). The number of amides is 1. The van der Waals surface area contributed by atoms with Gasteiger partial charge in [0, 0.05) is 18.8 Å². The van der Waals surface area contributed by atoms with Crippen molar-refractivity contribution in [3.63, 3.8) is 0 Å². The van der Waals surface area contributed by atoms with Crippen molar-refractivity contribution in [3.05, 3.63) is 28.9 Å². The van der Waals surface area contributed by atoms with Crippen molar-refractivity contribution < 1.29 is 14.7 Å². The maximum atomic E-state index is 10.8. The molecule has 1 amide bonds. The maximum absolute atomic E-state index is 10.8. The third-order valence-corrected chi connectivity index (χ3v) is 2.53. The number of rotatable bonds is 7. The van der Waals surface area contributed by atoms with E-state index in [0.717, 1.165) is 0 Å². The van der Waals surface area contributed by atoms with Gasteiger partial charge in [0.1, 0.15) is 5.82 Å². The van der Waals surface area contributed by atoms with Gasteiger partial charge in [-0.2, -0.15) is 0 Å². The van der Waals surface area contributed by atoms with Crippen LogP contribution in [0.3, 0.4) is 0 Å². The van der Waals surface area contributed by atoms with Crippen LogP contribution in [-0.2, 0) is 9.53 Å². The van der Waals surface area contributed by atoms with E-state index in [0.29, 0.717) is 29.6 Å². The van der Waals surface area contributed by atoms with Crippen LogP contribution in [-0.4, -0.2) is 35.4 Å². The minimum Gasteiger partial charge on any atom is -0.377 e. The summed E-state index contributed by atoms with van der Waals surface area (Å²) in [5, 5.41) is 11.9. The summed E-state index contributed by atoms with van der Waals surface area (Å²) in [5.41, 5.74) is 2.15. The molecular formula is C13H18ClN3O3. The number of carbonyl (C=O) groups excluding carboxylic acids is 1. The number of aromatic nitrogens is 1. The lowest BCUT2D eigenvalue weighted by Gasteiger charge is -2.10. The normalized spacial score (nSPS) is 11.1. The number of hydrogen-bond donors (Lipinski definition) is 3. The molecule has 0 spiro atoms. The molecule has 20 heavy (non-hydrogen) atoms. The third-order valence-electron chi connectivity index (χ3n) is 2.25. The molecule has 0 fully saturated rings. The van der Waals surface area contributed by atoms with E-state index in [1.165, 1.54) is 17.6 Å². The summed E-state index contributed by atoms with van der Waals surface area (Å²) < 4.78 is 5.39. The molecule has 0 aliphatic heterocycles. The molecule has 0 atom stereocenters. The number of anilines is 1. The van der Waals surface area contributed by atoms with Crippen LogP contribution in [0.4, 0.5) is 5.82 Å². The Morgan fingerprint density at radius 3 is 2.95 bits per heavy atom. The van der Waals surface area contributed by atoms with E-state index >= 15 is 0 Å². The molecule has 3 N–H and O–H groups in total. The Labute approximate surface area is 122 Å². The lowest BCUT2D eigenvalue weighted by atomic mass is 10.2. The van der Waals surface area contributed by atoms with Crippen molar-refractivity contribution in [1.29, 1.82) is 0 Å². The largest absolute Gasteiger partial charge is 0.377 e. The molecule has 1 aromatic heterocycles. The summed E-state index contributed by atoms with van der Waals surface area (Å²) in [6.45, 7) is 5.10. The summed E-state index contributed by atoms with van der Waals surface area (Å²) in [6, 6.07) is 1.67. The van der Waals surface area contributed by atoms with Crippen molar-refractivity contribution >= 4 is 29.4 Å². The Kier molecular flexibility index (Phi) is 7.00. The van der Waals surface area contributed by atoms with Crippen LogP contribution in [0, 0.1) is 0 Å². The van der Waals surface area contributed by atoms with Gasteiger partial charge in [-0.15, -0.1) is 0 Å². The van der Waals surface area contributed by atoms with Gasteiger partial charge in [0.2, 0.25) is 0 Å². The second-order valence-corrected chi connectivity index (χ2v) is 4.66. The Balaban J connectivity index is 2.55. The molecule has 1 rings (SSSR count). The quantitative estimate of drug-likeness (QED) is 0.311. The first-order valence-electron chi connectivity index (χ1n) is 6.16. The van der Waals surface area contributed by atoms with Gasteiger partial charge in [-0.1, -0.05) is 11.6 Å². The Hall–Kier alpha value is -1.63. The van der Waals surface area contributed by atoms with Crippen LogP contribution in [0.15, 0.2) is 18.3 Å². The smallest absolute Gasteiger partial charge is 0.267 e. The molecule has 0 saturated heterocycles. The van der Waals surface area contributed by atoms with Gasteiger partial charge in [0.25, 0.3) is 5.91 Å². The zero-order valence-corrected chi connectivity index (χ0v) is 12.1. The second-order valence-electron chi connectivity index (χ2n) is 4.25. The first kappa shape index (κ1) is 16.4. The molecule has 7 heteroatoms. The number of ether oxygens (including phenoxy) is 1. The molecule has 1 heterocycles. The third kappa shape index (κ3) is 6.01. The minimum absolute atomic E-state index is 0.186. The van der Waals surface area contributed by atoms with Crippen molar-refractivity contribution in [2.45, 2.75) is 20.0 Å². The van der Waals surface area contributed by atoms with Gasteiger partial charge in [-0.05, 0) is 31.6 Å². The molecular weight excluding hydrogens is 282 g/mol. The molecule has 0 aromatic carbocycles. The van der Waals surface area contributed by atoms with Crippen molar-refractivity contribution in [3.8, 4) is 0 Å². The fraction of sp³-hybridized carbons (Fsp3) is 0.385. The highest BCUT2D eigenvalue weighted by molar-refractivity contribution is 6.33. The van der Waals surface area contributed by atoms with Gasteiger partial charge in [0.15, 0.2) is 0 Å². The van der Waals surface area contributed by atoms with Crippen LogP contribution in [0.5, 0.6) is 0 Å². The predicted molar refractivity (Wildman–Crippen MR) is 77.8 cm³/mol. The summed E-state index contributed by atoms with van der Waals surface area (Å²) in [5.74, 6) is -0.0584. The summed E-state index contributed by atoms with van der Waals surface area (Å²) >= 11 is 6.07. The molecule has 0 radical (unpaired) electrons. The van der Waals surface area contributed by atoms with Crippen molar-refractivity contribution in [2.24, 2.45) is 0 Å². The van der Waals surface area contributed by atoms with Gasteiger partial charge < -0.3 is 10.1 Å². The zero-order chi connectivity index (χ0) is 15.0. The average Bonchev–Trinajstić information content (AvgIpc) is 2.42. The summed E-state index contributed by atoms with van der Waals surface area (Å²) in [7, 11) is 0. The van der Waals surface area contributed by atoms with E-state index in [4.69, 9.17) is 21.5 Å². The van der Waals surface area contributed by atoms with Gasteiger partial charge >= 0.3 is 0 Å². The monoisotopic (exact) mass is 299 g/mol. The van der Waals surface area contributed by atoms with Crippen LogP contribution in [0.25, 0.3) is 6.08 Å². The molecule has 6 nitrogen and oxygen atoms in total. The van der Waals surface area contributed by atoms with E-state index in [1.807, 2.05) is 13.8 Å². The summed E-state index contributed by atoms with van der Waals surface area (Å²) in [4.78, 5) is 15.0. The molecule has 0 aliphatic rings. The number of hydrogen-bond acceptors (Lipinski definition) is 5. The van der Waals surface area contributed by atoms with Crippen LogP contribution >= 0.6 is 11.6 Å².